The fourth-order valence-corrected chi connectivity index (χ4v) is 3.86. The predicted molar refractivity (Wildman–Crippen MR) is 105 cm³/mol. The minimum atomic E-state index is -0.497. The number of nitrogens with one attached hydrogen (secondary N) is 1. The van der Waals surface area contributed by atoms with Crippen LogP contribution < -0.4 is 5.32 Å². The number of amides is 1. The summed E-state index contributed by atoms with van der Waals surface area (Å²) in [6, 6.07) is 20.5. The Morgan fingerprint density at radius 2 is 1.58 bits per heavy atom. The van der Waals surface area contributed by atoms with Gasteiger partial charge < -0.3 is 10.1 Å². The molecule has 0 bridgehead atoms. The monoisotopic (exact) mass is 351 g/mol. The zero-order chi connectivity index (χ0) is 18.4. The van der Waals surface area contributed by atoms with E-state index in [1.807, 2.05) is 36.4 Å². The number of hydrogen-bond donors (Lipinski definition) is 1. The van der Waals surface area contributed by atoms with Crippen LogP contribution in [-0.2, 0) is 14.9 Å². The topological polar surface area (TPSA) is 38.3 Å². The Balaban J connectivity index is 1.88. The van der Waals surface area contributed by atoms with Crippen LogP contribution >= 0.6 is 0 Å². The van der Waals surface area contributed by atoms with E-state index >= 15 is 0 Å². The van der Waals surface area contributed by atoms with Crippen molar-refractivity contribution in [1.29, 1.82) is 0 Å². The molecule has 1 atom stereocenters. The molecule has 0 radical (unpaired) electrons. The summed E-state index contributed by atoms with van der Waals surface area (Å²) in [4.78, 5) is 13.5. The molecular weight excluding hydrogens is 322 g/mol. The third-order valence-electron chi connectivity index (χ3n) is 5.32. The van der Waals surface area contributed by atoms with Gasteiger partial charge in [0.05, 0.1) is 11.5 Å². The Kier molecular flexibility index (Phi) is 6.10. The lowest BCUT2D eigenvalue weighted by atomic mass is 9.73. The average molecular weight is 351 g/mol. The fraction of sp³-hybridized carbons (Fsp3) is 0.435. The van der Waals surface area contributed by atoms with E-state index in [1.165, 1.54) is 5.56 Å². The van der Waals surface area contributed by atoms with Gasteiger partial charge in [0.15, 0.2) is 0 Å². The molecule has 3 rings (SSSR count). The number of benzene rings is 2. The van der Waals surface area contributed by atoms with Gasteiger partial charge in [-0.2, -0.15) is 0 Å². The first-order valence-electron chi connectivity index (χ1n) is 9.61. The van der Waals surface area contributed by atoms with Gasteiger partial charge in [-0.05, 0) is 36.3 Å². The molecule has 26 heavy (non-hydrogen) atoms. The lowest BCUT2D eigenvalue weighted by Crippen LogP contribution is -2.49. The second kappa shape index (κ2) is 8.50. The molecule has 3 nitrogen and oxygen atoms in total. The zero-order valence-corrected chi connectivity index (χ0v) is 15.8. The van der Waals surface area contributed by atoms with E-state index in [9.17, 15) is 4.79 Å². The molecule has 1 aliphatic heterocycles. The van der Waals surface area contributed by atoms with Crippen molar-refractivity contribution in [3.8, 4) is 0 Å². The highest BCUT2D eigenvalue weighted by atomic mass is 16.5. The molecule has 0 unspecified atom stereocenters. The molecule has 0 aliphatic carbocycles. The van der Waals surface area contributed by atoms with E-state index in [4.69, 9.17) is 4.74 Å². The van der Waals surface area contributed by atoms with Gasteiger partial charge in [0, 0.05) is 13.2 Å². The first-order valence-corrected chi connectivity index (χ1v) is 9.61. The van der Waals surface area contributed by atoms with Crippen LogP contribution in [0.15, 0.2) is 60.7 Å². The van der Waals surface area contributed by atoms with Crippen LogP contribution in [-0.4, -0.2) is 19.1 Å². The van der Waals surface area contributed by atoms with Crippen molar-refractivity contribution in [2.24, 2.45) is 5.92 Å². The van der Waals surface area contributed by atoms with Crippen LogP contribution in [0, 0.1) is 5.92 Å². The summed E-state index contributed by atoms with van der Waals surface area (Å²) in [5.74, 6) is 0.629. The van der Waals surface area contributed by atoms with Gasteiger partial charge in [-0.3, -0.25) is 4.79 Å². The number of rotatable bonds is 6. The molecular formula is C23H29NO2. The third-order valence-corrected chi connectivity index (χ3v) is 5.32. The largest absolute Gasteiger partial charge is 0.381 e. The number of ether oxygens (including phenoxy) is 1. The summed E-state index contributed by atoms with van der Waals surface area (Å²) < 4.78 is 5.57. The maximum atomic E-state index is 13.5. The summed E-state index contributed by atoms with van der Waals surface area (Å²) in [5.41, 5.74) is 1.77. The van der Waals surface area contributed by atoms with Crippen molar-refractivity contribution in [3.05, 3.63) is 71.8 Å². The van der Waals surface area contributed by atoms with E-state index in [0.29, 0.717) is 19.1 Å². The normalized spacial score (nSPS) is 17.7. The summed E-state index contributed by atoms with van der Waals surface area (Å²) in [5, 5.41) is 3.38. The van der Waals surface area contributed by atoms with Gasteiger partial charge in [0.25, 0.3) is 0 Å². The maximum Gasteiger partial charge on any atom is 0.231 e. The fourth-order valence-electron chi connectivity index (χ4n) is 3.86. The molecule has 3 heteroatoms. The molecule has 0 aromatic heterocycles. The van der Waals surface area contributed by atoms with Crippen LogP contribution in [0.2, 0.25) is 0 Å². The highest BCUT2D eigenvalue weighted by Gasteiger charge is 2.42. The molecule has 0 spiro atoms. The van der Waals surface area contributed by atoms with Crippen LogP contribution in [0.25, 0.3) is 0 Å². The van der Waals surface area contributed by atoms with Gasteiger partial charge in [-0.1, -0.05) is 74.5 Å². The highest BCUT2D eigenvalue weighted by molar-refractivity contribution is 5.88. The van der Waals surface area contributed by atoms with E-state index in [-0.39, 0.29) is 11.9 Å². The van der Waals surface area contributed by atoms with Gasteiger partial charge in [0.2, 0.25) is 5.91 Å². The Morgan fingerprint density at radius 1 is 1.00 bits per heavy atom. The van der Waals surface area contributed by atoms with Gasteiger partial charge in [0.1, 0.15) is 0 Å². The number of carbonyl (C=O) groups excluding carboxylic acids is 1. The minimum Gasteiger partial charge on any atom is -0.381 e. The van der Waals surface area contributed by atoms with Gasteiger partial charge >= 0.3 is 0 Å². The van der Waals surface area contributed by atoms with Crippen LogP contribution in [0.5, 0.6) is 0 Å². The lowest BCUT2D eigenvalue weighted by molar-refractivity contribution is -0.131. The summed E-state index contributed by atoms with van der Waals surface area (Å²) in [7, 11) is 0. The molecule has 1 amide bonds. The molecule has 1 aliphatic rings. The average Bonchev–Trinajstić information content (AvgIpc) is 2.69. The van der Waals surface area contributed by atoms with Crippen molar-refractivity contribution in [1.82, 2.24) is 5.32 Å². The van der Waals surface area contributed by atoms with Crippen molar-refractivity contribution < 1.29 is 9.53 Å². The second-order valence-electron chi connectivity index (χ2n) is 7.63. The van der Waals surface area contributed by atoms with Crippen LogP contribution in [0.4, 0.5) is 0 Å². The maximum absolute atomic E-state index is 13.5. The summed E-state index contributed by atoms with van der Waals surface area (Å²) in [6.45, 7) is 5.65. The zero-order valence-electron chi connectivity index (χ0n) is 15.8. The summed E-state index contributed by atoms with van der Waals surface area (Å²) >= 11 is 0. The van der Waals surface area contributed by atoms with Crippen molar-refractivity contribution in [2.75, 3.05) is 13.2 Å². The Morgan fingerprint density at radius 3 is 2.15 bits per heavy atom. The molecule has 1 saturated heterocycles. The van der Waals surface area contributed by atoms with Crippen molar-refractivity contribution >= 4 is 5.91 Å². The minimum absolute atomic E-state index is 0.0344. The molecule has 1 heterocycles. The number of hydrogen-bond acceptors (Lipinski definition) is 2. The van der Waals surface area contributed by atoms with Crippen LogP contribution in [0.1, 0.15) is 50.3 Å². The first kappa shape index (κ1) is 18.7. The Labute approximate surface area is 156 Å². The highest BCUT2D eigenvalue weighted by Crippen LogP contribution is 2.36. The first-order chi connectivity index (χ1) is 12.6. The van der Waals surface area contributed by atoms with Gasteiger partial charge in [-0.15, -0.1) is 0 Å². The van der Waals surface area contributed by atoms with Crippen molar-refractivity contribution in [2.45, 2.75) is 44.6 Å². The quantitative estimate of drug-likeness (QED) is 0.823. The van der Waals surface area contributed by atoms with E-state index < -0.39 is 5.41 Å². The lowest BCUT2D eigenvalue weighted by Gasteiger charge is -2.37. The van der Waals surface area contributed by atoms with Crippen molar-refractivity contribution in [3.63, 3.8) is 0 Å². The van der Waals surface area contributed by atoms with Crippen LogP contribution in [0.3, 0.4) is 0 Å². The molecule has 2 aromatic rings. The summed E-state index contributed by atoms with van der Waals surface area (Å²) in [6.07, 6.45) is 2.38. The Bertz CT molecular complexity index is 691. The predicted octanol–water partition coefficient (Wildman–Crippen LogP) is 4.64. The standard InChI is InChI=1S/C23H29NO2/c1-18(2)17-21(19-9-5-3-6-10-19)24-22(25)23(13-15-26-16-14-23)20-11-7-4-8-12-20/h3-12,18,21H,13-17H2,1-2H3,(H,24,25)/t21-/m1/s1. The molecule has 1 fully saturated rings. The smallest absolute Gasteiger partial charge is 0.231 e. The molecule has 1 N–H and O–H groups in total. The van der Waals surface area contributed by atoms with E-state index in [2.05, 4.69) is 43.4 Å². The SMILES string of the molecule is CC(C)C[C@@H](NC(=O)C1(c2ccccc2)CCOCC1)c1ccccc1. The Hall–Kier alpha value is -2.13. The van der Waals surface area contributed by atoms with E-state index in [1.54, 1.807) is 0 Å². The second-order valence-corrected chi connectivity index (χ2v) is 7.63. The molecule has 0 saturated carbocycles. The molecule has 2 aromatic carbocycles. The van der Waals surface area contributed by atoms with Gasteiger partial charge in [-0.25, -0.2) is 0 Å². The number of carbonyl (C=O) groups is 1. The van der Waals surface area contributed by atoms with E-state index in [0.717, 1.165) is 24.8 Å². The molecule has 138 valence electrons. The third kappa shape index (κ3) is 4.16.